The fraction of sp³-hybridized carbons (Fsp3) is 0.600. The molecule has 1 aliphatic carbocycles. The van der Waals surface area contributed by atoms with E-state index in [4.69, 9.17) is 5.26 Å². The Morgan fingerprint density at radius 3 is 2.88 bits per heavy atom. The van der Waals surface area contributed by atoms with Crippen LogP contribution in [0.4, 0.5) is 0 Å². The summed E-state index contributed by atoms with van der Waals surface area (Å²) in [6.07, 6.45) is 10.6. The third kappa shape index (κ3) is 4.88. The molecule has 2 nitrogen and oxygen atoms in total. The van der Waals surface area contributed by atoms with E-state index in [1.54, 1.807) is 0 Å². The molecular weight excluding hydrogens is 212 g/mol. The minimum Gasteiger partial charge on any atom is -0.251 e. The molecule has 0 heterocycles. The topological polar surface area (TPSA) is 29.5 Å². The first kappa shape index (κ1) is 14.2. The first-order chi connectivity index (χ1) is 7.94. The molecule has 96 valence electrons. The molecule has 0 aliphatic heterocycles. The van der Waals surface area contributed by atoms with Gasteiger partial charge in [0.05, 0.1) is 0 Å². The smallest absolute Gasteiger partial charge is 0.116 e. The first-order valence-corrected chi connectivity index (χ1v) is 6.28. The second-order valence-corrected chi connectivity index (χ2v) is 5.48. The van der Waals surface area contributed by atoms with E-state index in [-0.39, 0.29) is 0 Å². The summed E-state index contributed by atoms with van der Waals surface area (Å²) in [6.45, 7) is 10.00. The van der Waals surface area contributed by atoms with Crippen LogP contribution < -0.4 is 0 Å². The Morgan fingerprint density at radius 1 is 1.65 bits per heavy atom. The molecule has 0 aromatic carbocycles. The zero-order valence-electron chi connectivity index (χ0n) is 11.2. The van der Waals surface area contributed by atoms with Crippen LogP contribution in [0.15, 0.2) is 36.0 Å². The van der Waals surface area contributed by atoms with Gasteiger partial charge in [0.25, 0.3) is 0 Å². The summed E-state index contributed by atoms with van der Waals surface area (Å²) in [7, 11) is 0. The third-order valence-corrected chi connectivity index (χ3v) is 3.35. The number of hydrogen-bond acceptors (Lipinski definition) is 2. The Morgan fingerprint density at radius 2 is 2.35 bits per heavy atom. The molecule has 0 aromatic rings. The van der Waals surface area contributed by atoms with E-state index in [0.29, 0.717) is 5.92 Å². The van der Waals surface area contributed by atoms with Crippen molar-refractivity contribution >= 4 is 0 Å². The average molecular weight is 236 g/mol. The fourth-order valence-electron chi connectivity index (χ4n) is 2.03. The van der Waals surface area contributed by atoms with Crippen LogP contribution >= 0.6 is 0 Å². The van der Waals surface area contributed by atoms with Crippen molar-refractivity contribution in [1.29, 1.82) is 0 Å². The standard InChI is InChI=1S/C15H24O2/c1-12-7-9-14(10-8-12)13(2)6-5-11-15(3,4)17-16/h5,7,11,14,16H,2,6,8-10H2,1,3-4H3/b11-5+. The quantitative estimate of drug-likeness (QED) is 0.432. The Hall–Kier alpha value is -0.860. The van der Waals surface area contributed by atoms with Crippen LogP contribution in [0.2, 0.25) is 0 Å². The van der Waals surface area contributed by atoms with Gasteiger partial charge in [0, 0.05) is 0 Å². The molecule has 1 unspecified atom stereocenters. The molecule has 0 bridgehead atoms. The highest BCUT2D eigenvalue weighted by molar-refractivity contribution is 5.14. The van der Waals surface area contributed by atoms with E-state index in [1.807, 2.05) is 26.0 Å². The van der Waals surface area contributed by atoms with Crippen molar-refractivity contribution in [2.24, 2.45) is 5.92 Å². The number of hydrogen-bond donors (Lipinski definition) is 1. The van der Waals surface area contributed by atoms with E-state index in [2.05, 4.69) is 24.5 Å². The normalized spacial score (nSPS) is 21.6. The summed E-state index contributed by atoms with van der Waals surface area (Å²) in [5, 5.41) is 8.66. The van der Waals surface area contributed by atoms with Gasteiger partial charge in [-0.05, 0) is 52.4 Å². The molecule has 0 spiro atoms. The summed E-state index contributed by atoms with van der Waals surface area (Å²) in [6, 6.07) is 0. The number of rotatable bonds is 5. The van der Waals surface area contributed by atoms with Gasteiger partial charge in [0.1, 0.15) is 5.60 Å². The minimum absolute atomic E-state index is 0.608. The molecule has 1 aliphatic rings. The van der Waals surface area contributed by atoms with E-state index in [9.17, 15) is 0 Å². The molecule has 1 rings (SSSR count). The van der Waals surface area contributed by atoms with Crippen molar-refractivity contribution in [2.45, 2.75) is 52.1 Å². The summed E-state index contributed by atoms with van der Waals surface area (Å²) < 4.78 is 0. The van der Waals surface area contributed by atoms with Crippen molar-refractivity contribution in [1.82, 2.24) is 0 Å². The lowest BCUT2D eigenvalue weighted by Crippen LogP contribution is -2.18. The van der Waals surface area contributed by atoms with Gasteiger partial charge in [-0.15, -0.1) is 0 Å². The van der Waals surface area contributed by atoms with Crippen molar-refractivity contribution in [2.75, 3.05) is 0 Å². The molecule has 1 atom stereocenters. The number of allylic oxidation sites excluding steroid dienone is 4. The summed E-state index contributed by atoms with van der Waals surface area (Å²) >= 11 is 0. The van der Waals surface area contributed by atoms with E-state index in [1.165, 1.54) is 24.0 Å². The fourth-order valence-corrected chi connectivity index (χ4v) is 2.03. The van der Waals surface area contributed by atoms with Crippen LogP contribution in [0.3, 0.4) is 0 Å². The average Bonchev–Trinajstić information content (AvgIpc) is 2.29. The van der Waals surface area contributed by atoms with Gasteiger partial charge < -0.3 is 0 Å². The predicted octanol–water partition coefficient (Wildman–Crippen LogP) is 4.50. The maximum atomic E-state index is 8.66. The zero-order valence-corrected chi connectivity index (χ0v) is 11.2. The second-order valence-electron chi connectivity index (χ2n) is 5.48. The monoisotopic (exact) mass is 236 g/mol. The maximum absolute atomic E-state index is 8.66. The van der Waals surface area contributed by atoms with Gasteiger partial charge in [0.2, 0.25) is 0 Å². The van der Waals surface area contributed by atoms with Gasteiger partial charge in [-0.3, -0.25) is 5.26 Å². The van der Waals surface area contributed by atoms with Crippen molar-refractivity contribution < 1.29 is 10.1 Å². The second kappa shape index (κ2) is 6.18. The van der Waals surface area contributed by atoms with Gasteiger partial charge in [0.15, 0.2) is 0 Å². The molecular formula is C15H24O2. The Labute approximate surface area is 105 Å². The van der Waals surface area contributed by atoms with Crippen LogP contribution in [0.25, 0.3) is 0 Å². The van der Waals surface area contributed by atoms with Gasteiger partial charge in [-0.1, -0.05) is 36.0 Å². The van der Waals surface area contributed by atoms with E-state index >= 15 is 0 Å². The van der Waals surface area contributed by atoms with Crippen LogP contribution in [0.1, 0.15) is 46.5 Å². The van der Waals surface area contributed by atoms with Crippen molar-refractivity contribution in [3.8, 4) is 0 Å². The highest BCUT2D eigenvalue weighted by Gasteiger charge is 2.16. The Balaban J connectivity index is 2.41. The largest absolute Gasteiger partial charge is 0.251 e. The summed E-state index contributed by atoms with van der Waals surface area (Å²) in [5.41, 5.74) is 2.17. The molecule has 0 radical (unpaired) electrons. The van der Waals surface area contributed by atoms with Crippen LogP contribution in [-0.4, -0.2) is 10.9 Å². The molecule has 0 fully saturated rings. The molecule has 0 amide bonds. The summed E-state index contributed by atoms with van der Waals surface area (Å²) in [5.74, 6) is 0.613. The zero-order chi connectivity index (χ0) is 12.9. The first-order valence-electron chi connectivity index (χ1n) is 6.28. The lowest BCUT2D eigenvalue weighted by atomic mass is 9.84. The maximum Gasteiger partial charge on any atom is 0.116 e. The highest BCUT2D eigenvalue weighted by atomic mass is 17.1. The SMILES string of the molecule is C=C(C/C=C/C(C)(C)OO)C1CC=C(C)CC1. The lowest BCUT2D eigenvalue weighted by molar-refractivity contribution is -0.297. The lowest BCUT2D eigenvalue weighted by Gasteiger charge is -2.22. The highest BCUT2D eigenvalue weighted by Crippen LogP contribution is 2.30. The Kier molecular flexibility index (Phi) is 5.16. The van der Waals surface area contributed by atoms with Gasteiger partial charge in [-0.25, -0.2) is 4.89 Å². The molecule has 0 aromatic heterocycles. The van der Waals surface area contributed by atoms with Crippen molar-refractivity contribution in [3.63, 3.8) is 0 Å². The van der Waals surface area contributed by atoms with Gasteiger partial charge >= 0.3 is 0 Å². The van der Waals surface area contributed by atoms with Crippen LogP contribution in [0, 0.1) is 5.92 Å². The molecule has 2 heteroatoms. The van der Waals surface area contributed by atoms with E-state index in [0.717, 1.165) is 12.8 Å². The molecule has 0 saturated carbocycles. The molecule has 1 N–H and O–H groups in total. The minimum atomic E-state index is -0.608. The van der Waals surface area contributed by atoms with Crippen molar-refractivity contribution in [3.05, 3.63) is 36.0 Å². The predicted molar refractivity (Wildman–Crippen MR) is 71.8 cm³/mol. The molecule has 0 saturated heterocycles. The van der Waals surface area contributed by atoms with Gasteiger partial charge in [-0.2, -0.15) is 0 Å². The third-order valence-electron chi connectivity index (χ3n) is 3.35. The Bertz CT molecular complexity index is 324. The summed E-state index contributed by atoms with van der Waals surface area (Å²) in [4.78, 5) is 4.35. The van der Waals surface area contributed by atoms with Crippen LogP contribution in [-0.2, 0) is 4.89 Å². The van der Waals surface area contributed by atoms with Crippen LogP contribution in [0.5, 0.6) is 0 Å². The van der Waals surface area contributed by atoms with E-state index < -0.39 is 5.60 Å². The molecule has 17 heavy (non-hydrogen) atoms.